The van der Waals surface area contributed by atoms with E-state index in [-0.39, 0.29) is 11.2 Å². The standard InChI is InChI=1S/C9H8BrCl2F/c1-2-7(11)5-3-8(12)6(10)4-9(5)13/h3-4,7H,2H2,1H3. The molecule has 0 spiro atoms. The summed E-state index contributed by atoms with van der Waals surface area (Å²) >= 11 is 14.9. The number of hydrogen-bond donors (Lipinski definition) is 0. The molecule has 4 heteroatoms. The molecule has 1 atom stereocenters. The minimum Gasteiger partial charge on any atom is -0.207 e. The molecule has 0 heterocycles. The van der Waals surface area contributed by atoms with Gasteiger partial charge in [0, 0.05) is 10.0 Å². The lowest BCUT2D eigenvalue weighted by Crippen LogP contribution is -1.93. The van der Waals surface area contributed by atoms with Crippen molar-refractivity contribution in [2.24, 2.45) is 0 Å². The van der Waals surface area contributed by atoms with E-state index in [1.54, 1.807) is 6.07 Å². The number of hydrogen-bond acceptors (Lipinski definition) is 0. The van der Waals surface area contributed by atoms with Crippen molar-refractivity contribution in [2.45, 2.75) is 18.7 Å². The van der Waals surface area contributed by atoms with E-state index in [0.29, 0.717) is 21.5 Å². The van der Waals surface area contributed by atoms with Gasteiger partial charge in [0.05, 0.1) is 10.4 Å². The van der Waals surface area contributed by atoms with Gasteiger partial charge in [0.1, 0.15) is 5.82 Å². The van der Waals surface area contributed by atoms with E-state index in [0.717, 1.165) is 0 Å². The van der Waals surface area contributed by atoms with Gasteiger partial charge in [-0.25, -0.2) is 4.39 Å². The first kappa shape index (κ1) is 11.3. The van der Waals surface area contributed by atoms with Crippen molar-refractivity contribution in [3.8, 4) is 0 Å². The van der Waals surface area contributed by atoms with Crippen LogP contribution in [0.4, 0.5) is 4.39 Å². The molecule has 1 aromatic carbocycles. The molecule has 0 aliphatic carbocycles. The maximum atomic E-state index is 13.3. The predicted molar refractivity (Wildman–Crippen MR) is 58.0 cm³/mol. The summed E-state index contributed by atoms with van der Waals surface area (Å²) in [7, 11) is 0. The van der Waals surface area contributed by atoms with Crippen molar-refractivity contribution in [1.82, 2.24) is 0 Å². The molecule has 0 nitrogen and oxygen atoms in total. The zero-order valence-electron chi connectivity index (χ0n) is 6.95. The smallest absolute Gasteiger partial charge is 0.129 e. The van der Waals surface area contributed by atoms with Gasteiger partial charge in [-0.05, 0) is 34.5 Å². The summed E-state index contributed by atoms with van der Waals surface area (Å²) in [6.45, 7) is 1.90. The molecule has 0 radical (unpaired) electrons. The van der Waals surface area contributed by atoms with Crippen molar-refractivity contribution in [1.29, 1.82) is 0 Å². The number of alkyl halides is 1. The molecule has 72 valence electrons. The van der Waals surface area contributed by atoms with Crippen LogP contribution in [0.2, 0.25) is 5.02 Å². The highest BCUT2D eigenvalue weighted by molar-refractivity contribution is 9.10. The van der Waals surface area contributed by atoms with Gasteiger partial charge in [-0.2, -0.15) is 0 Å². The van der Waals surface area contributed by atoms with E-state index in [1.165, 1.54) is 6.07 Å². The van der Waals surface area contributed by atoms with E-state index < -0.39 is 0 Å². The average molecular weight is 286 g/mol. The van der Waals surface area contributed by atoms with Crippen molar-refractivity contribution < 1.29 is 4.39 Å². The topological polar surface area (TPSA) is 0 Å². The van der Waals surface area contributed by atoms with Gasteiger partial charge in [-0.15, -0.1) is 11.6 Å². The Bertz CT molecular complexity index is 315. The van der Waals surface area contributed by atoms with Crippen LogP contribution in [-0.4, -0.2) is 0 Å². The Morgan fingerprint density at radius 3 is 2.69 bits per heavy atom. The normalized spacial score (nSPS) is 13.0. The quantitative estimate of drug-likeness (QED) is 0.534. The lowest BCUT2D eigenvalue weighted by molar-refractivity contribution is 0.603. The monoisotopic (exact) mass is 284 g/mol. The first-order valence-electron chi connectivity index (χ1n) is 3.84. The van der Waals surface area contributed by atoms with Gasteiger partial charge >= 0.3 is 0 Å². The lowest BCUT2D eigenvalue weighted by Gasteiger charge is -2.09. The summed E-state index contributed by atoms with van der Waals surface area (Å²) < 4.78 is 13.8. The van der Waals surface area contributed by atoms with E-state index in [1.807, 2.05) is 6.92 Å². The van der Waals surface area contributed by atoms with Crippen LogP contribution in [0.5, 0.6) is 0 Å². The van der Waals surface area contributed by atoms with Crippen LogP contribution in [0.15, 0.2) is 16.6 Å². The zero-order valence-corrected chi connectivity index (χ0v) is 10.0. The molecule has 0 N–H and O–H groups in total. The summed E-state index contributed by atoms with van der Waals surface area (Å²) in [5.74, 6) is -0.321. The second kappa shape index (κ2) is 4.63. The highest BCUT2D eigenvalue weighted by Gasteiger charge is 2.13. The zero-order chi connectivity index (χ0) is 10.0. The van der Waals surface area contributed by atoms with E-state index in [4.69, 9.17) is 23.2 Å². The van der Waals surface area contributed by atoms with Crippen LogP contribution in [0, 0.1) is 5.82 Å². The number of halogens is 4. The van der Waals surface area contributed by atoms with E-state index in [2.05, 4.69) is 15.9 Å². The fourth-order valence-corrected chi connectivity index (χ4v) is 1.65. The van der Waals surface area contributed by atoms with Crippen LogP contribution in [0.3, 0.4) is 0 Å². The van der Waals surface area contributed by atoms with Crippen molar-refractivity contribution >= 4 is 39.1 Å². The minimum absolute atomic E-state index is 0.314. The van der Waals surface area contributed by atoms with E-state index >= 15 is 0 Å². The largest absolute Gasteiger partial charge is 0.207 e. The van der Waals surface area contributed by atoms with Gasteiger partial charge < -0.3 is 0 Å². The second-order valence-corrected chi connectivity index (χ2v) is 4.45. The minimum atomic E-state index is -0.321. The molecular formula is C9H8BrCl2F. The fourth-order valence-electron chi connectivity index (χ4n) is 0.998. The molecule has 1 rings (SSSR count). The molecule has 0 bridgehead atoms. The van der Waals surface area contributed by atoms with Crippen LogP contribution in [-0.2, 0) is 0 Å². The van der Waals surface area contributed by atoms with Crippen molar-refractivity contribution in [3.63, 3.8) is 0 Å². The summed E-state index contributed by atoms with van der Waals surface area (Å²) in [5.41, 5.74) is 0.456. The summed E-state index contributed by atoms with van der Waals surface area (Å²) in [6, 6.07) is 2.89. The third-order valence-electron chi connectivity index (χ3n) is 1.74. The molecule has 0 aromatic heterocycles. The van der Waals surface area contributed by atoms with E-state index in [9.17, 15) is 4.39 Å². The van der Waals surface area contributed by atoms with Gasteiger partial charge in [0.25, 0.3) is 0 Å². The van der Waals surface area contributed by atoms with Crippen LogP contribution < -0.4 is 0 Å². The molecule has 0 saturated heterocycles. The summed E-state index contributed by atoms with van der Waals surface area (Å²) in [4.78, 5) is 0. The second-order valence-electron chi connectivity index (χ2n) is 2.66. The lowest BCUT2D eigenvalue weighted by atomic mass is 10.1. The molecule has 0 aliphatic heterocycles. The van der Waals surface area contributed by atoms with Gasteiger partial charge in [-0.1, -0.05) is 18.5 Å². The van der Waals surface area contributed by atoms with Crippen LogP contribution in [0.1, 0.15) is 24.3 Å². The molecule has 1 aromatic rings. The number of rotatable bonds is 2. The molecule has 0 fully saturated rings. The predicted octanol–water partition coefficient (Wildman–Crippen LogP) is 4.93. The molecule has 0 amide bonds. The van der Waals surface area contributed by atoms with Crippen molar-refractivity contribution in [3.05, 3.63) is 33.0 Å². The van der Waals surface area contributed by atoms with Crippen LogP contribution >= 0.6 is 39.1 Å². The first-order valence-corrected chi connectivity index (χ1v) is 5.45. The van der Waals surface area contributed by atoms with Crippen molar-refractivity contribution in [2.75, 3.05) is 0 Å². The Balaban J connectivity index is 3.15. The SMILES string of the molecule is CCC(Cl)c1cc(Cl)c(Br)cc1F. The Kier molecular flexibility index (Phi) is 4.02. The fraction of sp³-hybridized carbons (Fsp3) is 0.333. The summed E-state index contributed by atoms with van der Waals surface area (Å²) in [6.07, 6.45) is 0.677. The maximum absolute atomic E-state index is 13.3. The first-order chi connectivity index (χ1) is 6.06. The molecule has 0 saturated carbocycles. The Morgan fingerprint density at radius 2 is 2.15 bits per heavy atom. The van der Waals surface area contributed by atoms with Gasteiger partial charge in [-0.3, -0.25) is 0 Å². The van der Waals surface area contributed by atoms with Gasteiger partial charge in [0.15, 0.2) is 0 Å². The average Bonchev–Trinajstić information content (AvgIpc) is 2.10. The molecule has 1 unspecified atom stereocenters. The third kappa shape index (κ3) is 2.58. The Morgan fingerprint density at radius 1 is 1.54 bits per heavy atom. The van der Waals surface area contributed by atoms with Crippen LogP contribution in [0.25, 0.3) is 0 Å². The third-order valence-corrected chi connectivity index (χ3v) is 3.48. The highest BCUT2D eigenvalue weighted by atomic mass is 79.9. The Hall–Kier alpha value is 0.210. The highest BCUT2D eigenvalue weighted by Crippen LogP contribution is 2.32. The van der Waals surface area contributed by atoms with Gasteiger partial charge in [0.2, 0.25) is 0 Å². The Labute approximate surface area is 95.2 Å². The molecular weight excluding hydrogens is 278 g/mol. The molecule has 13 heavy (non-hydrogen) atoms. The molecule has 0 aliphatic rings. The maximum Gasteiger partial charge on any atom is 0.129 e. The summed E-state index contributed by atoms with van der Waals surface area (Å²) in [5, 5.41) is 0.168. The number of benzene rings is 1.